The fourth-order valence-electron chi connectivity index (χ4n) is 2.28. The zero-order chi connectivity index (χ0) is 15.2. The molecule has 112 valence electrons. The Morgan fingerprint density at radius 2 is 1.90 bits per heavy atom. The molecule has 0 spiro atoms. The molecule has 2 aromatic rings. The molecule has 21 heavy (non-hydrogen) atoms. The maximum Gasteiger partial charge on any atom is 0.237 e. The quantitative estimate of drug-likeness (QED) is 0.858. The molecule has 2 rings (SSSR count). The second kappa shape index (κ2) is 7.09. The highest BCUT2D eigenvalue weighted by molar-refractivity contribution is 5.82. The molecule has 1 aromatic carbocycles. The van der Waals surface area contributed by atoms with Gasteiger partial charge in [0.05, 0.1) is 12.3 Å². The van der Waals surface area contributed by atoms with Crippen molar-refractivity contribution in [3.8, 4) is 0 Å². The minimum Gasteiger partial charge on any atom is -0.467 e. The number of rotatable bonds is 6. The van der Waals surface area contributed by atoms with E-state index < -0.39 is 6.04 Å². The summed E-state index contributed by atoms with van der Waals surface area (Å²) in [6.07, 6.45) is 2.26. The van der Waals surface area contributed by atoms with Gasteiger partial charge in [0.2, 0.25) is 5.91 Å². The van der Waals surface area contributed by atoms with Gasteiger partial charge in [-0.2, -0.15) is 0 Å². The molecule has 0 aliphatic carbocycles. The van der Waals surface area contributed by atoms with E-state index in [-0.39, 0.29) is 11.9 Å². The molecule has 2 unspecified atom stereocenters. The first-order valence-electron chi connectivity index (χ1n) is 7.22. The van der Waals surface area contributed by atoms with Crippen molar-refractivity contribution in [3.63, 3.8) is 0 Å². The van der Waals surface area contributed by atoms with Crippen LogP contribution in [0, 0.1) is 5.92 Å². The molecule has 1 amide bonds. The number of nitrogens with two attached hydrogens (primary N) is 1. The molecule has 4 heteroatoms. The largest absolute Gasteiger partial charge is 0.467 e. The van der Waals surface area contributed by atoms with E-state index in [4.69, 9.17) is 10.2 Å². The molecular formula is C17H22N2O2. The van der Waals surface area contributed by atoms with Gasteiger partial charge < -0.3 is 15.5 Å². The monoisotopic (exact) mass is 286 g/mol. The van der Waals surface area contributed by atoms with Crippen LogP contribution in [0.2, 0.25) is 0 Å². The molecule has 1 heterocycles. The summed E-state index contributed by atoms with van der Waals surface area (Å²) in [5.41, 5.74) is 6.93. The van der Waals surface area contributed by atoms with E-state index >= 15 is 0 Å². The summed E-state index contributed by atoms with van der Waals surface area (Å²) in [4.78, 5) is 12.3. The Labute approximate surface area is 125 Å². The summed E-state index contributed by atoms with van der Waals surface area (Å²) < 4.78 is 5.46. The van der Waals surface area contributed by atoms with E-state index in [0.717, 1.165) is 5.56 Å². The topological polar surface area (TPSA) is 68.3 Å². The number of nitrogens with one attached hydrogen (secondary N) is 1. The summed E-state index contributed by atoms with van der Waals surface area (Å²) in [5, 5.41) is 2.98. The first kappa shape index (κ1) is 15.3. The van der Waals surface area contributed by atoms with Gasteiger partial charge in [0.15, 0.2) is 0 Å². The lowest BCUT2D eigenvalue weighted by atomic mass is 10.0. The average Bonchev–Trinajstić information content (AvgIpc) is 2.98. The van der Waals surface area contributed by atoms with Gasteiger partial charge >= 0.3 is 0 Å². The maximum absolute atomic E-state index is 12.3. The van der Waals surface area contributed by atoms with E-state index in [9.17, 15) is 4.79 Å². The van der Waals surface area contributed by atoms with E-state index in [1.54, 1.807) is 6.26 Å². The number of hydrogen-bond donors (Lipinski definition) is 2. The predicted molar refractivity (Wildman–Crippen MR) is 82.6 cm³/mol. The molecular weight excluding hydrogens is 264 g/mol. The smallest absolute Gasteiger partial charge is 0.237 e. The van der Waals surface area contributed by atoms with Crippen molar-refractivity contribution in [2.24, 2.45) is 11.7 Å². The number of furan rings is 1. The van der Waals surface area contributed by atoms with Crippen LogP contribution in [-0.4, -0.2) is 11.9 Å². The van der Waals surface area contributed by atoms with Gasteiger partial charge in [-0.15, -0.1) is 0 Å². The summed E-state index contributed by atoms with van der Waals surface area (Å²) in [5.74, 6) is 0.921. The minimum atomic E-state index is -0.508. The number of benzene rings is 1. The van der Waals surface area contributed by atoms with Crippen molar-refractivity contribution in [3.05, 3.63) is 60.1 Å². The Hall–Kier alpha value is -2.07. The fraction of sp³-hybridized carbons (Fsp3) is 0.353. The molecule has 4 nitrogen and oxygen atoms in total. The summed E-state index contributed by atoms with van der Waals surface area (Å²) >= 11 is 0. The summed E-state index contributed by atoms with van der Waals surface area (Å²) in [6.45, 7) is 4.10. The predicted octanol–water partition coefficient (Wildman–Crippen LogP) is 2.86. The third-order valence-electron chi connectivity index (χ3n) is 3.31. The lowest BCUT2D eigenvalue weighted by Gasteiger charge is -2.20. The van der Waals surface area contributed by atoms with E-state index in [2.05, 4.69) is 5.32 Å². The van der Waals surface area contributed by atoms with E-state index in [1.165, 1.54) is 0 Å². The van der Waals surface area contributed by atoms with Gasteiger partial charge in [-0.05, 0) is 30.0 Å². The first-order valence-corrected chi connectivity index (χ1v) is 7.22. The maximum atomic E-state index is 12.3. The highest BCUT2D eigenvalue weighted by Crippen LogP contribution is 2.22. The minimum absolute atomic E-state index is 0.158. The lowest BCUT2D eigenvalue weighted by Crippen LogP contribution is -2.43. The number of carbonyl (C=O) groups excluding carboxylic acids is 1. The first-order chi connectivity index (χ1) is 10.1. The highest BCUT2D eigenvalue weighted by atomic mass is 16.3. The van der Waals surface area contributed by atoms with E-state index in [1.807, 2.05) is 56.3 Å². The Morgan fingerprint density at radius 3 is 2.48 bits per heavy atom. The van der Waals surface area contributed by atoms with Gasteiger partial charge in [-0.1, -0.05) is 44.2 Å². The van der Waals surface area contributed by atoms with Gasteiger partial charge in [0.25, 0.3) is 0 Å². The van der Waals surface area contributed by atoms with Crippen LogP contribution >= 0.6 is 0 Å². The molecule has 0 aliphatic heterocycles. The van der Waals surface area contributed by atoms with Crippen molar-refractivity contribution >= 4 is 5.91 Å². The lowest BCUT2D eigenvalue weighted by molar-refractivity contribution is -0.123. The van der Waals surface area contributed by atoms with Crippen LogP contribution in [0.1, 0.15) is 37.6 Å². The second-order valence-electron chi connectivity index (χ2n) is 5.60. The molecule has 0 radical (unpaired) electrons. The van der Waals surface area contributed by atoms with Crippen molar-refractivity contribution < 1.29 is 9.21 Å². The number of carbonyl (C=O) groups is 1. The molecule has 0 aliphatic rings. The third-order valence-corrected chi connectivity index (χ3v) is 3.31. The van der Waals surface area contributed by atoms with Crippen molar-refractivity contribution in [2.75, 3.05) is 0 Å². The average molecular weight is 286 g/mol. The van der Waals surface area contributed by atoms with Crippen LogP contribution in [0.4, 0.5) is 0 Å². The zero-order valence-electron chi connectivity index (χ0n) is 12.5. The van der Waals surface area contributed by atoms with Crippen LogP contribution in [0.25, 0.3) is 0 Å². The normalized spacial score (nSPS) is 13.9. The van der Waals surface area contributed by atoms with Crippen molar-refractivity contribution in [1.82, 2.24) is 5.32 Å². The SMILES string of the molecule is CC(C)CC(N)C(=O)NC(c1ccccc1)c1ccco1. The second-order valence-corrected chi connectivity index (χ2v) is 5.60. The molecule has 0 fully saturated rings. The Balaban J connectivity index is 2.16. The van der Waals surface area contributed by atoms with Crippen molar-refractivity contribution in [2.45, 2.75) is 32.4 Å². The fourth-order valence-corrected chi connectivity index (χ4v) is 2.28. The molecule has 1 aromatic heterocycles. The molecule has 3 N–H and O–H groups in total. The molecule has 0 saturated carbocycles. The van der Waals surface area contributed by atoms with Crippen LogP contribution < -0.4 is 11.1 Å². The molecule has 0 saturated heterocycles. The van der Waals surface area contributed by atoms with Crippen LogP contribution in [0.15, 0.2) is 53.1 Å². The van der Waals surface area contributed by atoms with Crippen LogP contribution in [-0.2, 0) is 4.79 Å². The number of amides is 1. The summed E-state index contributed by atoms with van der Waals surface area (Å²) in [7, 11) is 0. The number of hydrogen-bond acceptors (Lipinski definition) is 3. The molecule has 2 atom stereocenters. The van der Waals surface area contributed by atoms with E-state index in [0.29, 0.717) is 18.1 Å². The standard InChI is InChI=1S/C17H22N2O2/c1-12(2)11-14(18)17(20)19-16(15-9-6-10-21-15)13-7-4-3-5-8-13/h3-10,12,14,16H,11,18H2,1-2H3,(H,19,20). The zero-order valence-corrected chi connectivity index (χ0v) is 12.5. The third kappa shape index (κ3) is 4.20. The highest BCUT2D eigenvalue weighted by Gasteiger charge is 2.23. The van der Waals surface area contributed by atoms with Gasteiger partial charge in [-0.25, -0.2) is 0 Å². The van der Waals surface area contributed by atoms with Gasteiger partial charge in [0.1, 0.15) is 11.8 Å². The summed E-state index contributed by atoms with van der Waals surface area (Å²) in [6, 6.07) is 12.6. The molecule has 0 bridgehead atoms. The van der Waals surface area contributed by atoms with Crippen LogP contribution in [0.5, 0.6) is 0 Å². The Morgan fingerprint density at radius 1 is 1.19 bits per heavy atom. The van der Waals surface area contributed by atoms with Gasteiger partial charge in [0, 0.05) is 0 Å². The van der Waals surface area contributed by atoms with Gasteiger partial charge in [-0.3, -0.25) is 4.79 Å². The Kier molecular flexibility index (Phi) is 5.17. The van der Waals surface area contributed by atoms with Crippen LogP contribution in [0.3, 0.4) is 0 Å². The Bertz CT molecular complexity index is 549. The van der Waals surface area contributed by atoms with Crippen molar-refractivity contribution in [1.29, 1.82) is 0 Å².